The van der Waals surface area contributed by atoms with Crippen molar-refractivity contribution in [3.05, 3.63) is 70.6 Å². The molecule has 1 unspecified atom stereocenters. The van der Waals surface area contributed by atoms with Gasteiger partial charge < -0.3 is 15.6 Å². The smallest absolute Gasteiger partial charge is 0.265 e. The van der Waals surface area contributed by atoms with Gasteiger partial charge in [-0.3, -0.25) is 4.72 Å². The van der Waals surface area contributed by atoms with Crippen molar-refractivity contribution in [2.75, 3.05) is 17.1 Å². The van der Waals surface area contributed by atoms with Gasteiger partial charge in [-0.2, -0.15) is 0 Å². The maximum absolute atomic E-state index is 15.4. The summed E-state index contributed by atoms with van der Waals surface area (Å²) >= 11 is 6.00. The minimum absolute atomic E-state index is 0.00318. The molecule has 0 spiro atoms. The van der Waals surface area contributed by atoms with Gasteiger partial charge in [-0.25, -0.2) is 31.6 Å². The maximum atomic E-state index is 15.4. The van der Waals surface area contributed by atoms with E-state index in [4.69, 9.17) is 22.1 Å². The van der Waals surface area contributed by atoms with E-state index in [1.54, 1.807) is 0 Å². The van der Waals surface area contributed by atoms with Crippen molar-refractivity contribution < 1.29 is 31.4 Å². The van der Waals surface area contributed by atoms with Crippen LogP contribution >= 0.6 is 11.6 Å². The maximum Gasteiger partial charge on any atom is 0.265 e. The van der Waals surface area contributed by atoms with Crippen LogP contribution in [0.1, 0.15) is 11.7 Å². The first-order chi connectivity index (χ1) is 16.5. The Balaban J connectivity index is 1.60. The Morgan fingerprint density at radius 1 is 1.14 bits per heavy atom. The lowest BCUT2D eigenvalue weighted by atomic mass is 10.0. The van der Waals surface area contributed by atoms with Crippen molar-refractivity contribution in [2.45, 2.75) is 11.0 Å². The minimum atomic E-state index is -4.51. The van der Waals surface area contributed by atoms with Crippen LogP contribution < -0.4 is 15.2 Å². The first-order valence-electron chi connectivity index (χ1n) is 9.92. The van der Waals surface area contributed by atoms with Gasteiger partial charge in [0.1, 0.15) is 40.5 Å². The standard InChI is InChI=1S/C22H14ClF3N4O4S/c23-11-5-12-16(31)8-34-21(12)17(6-11)35(32,33)30-15-2-1-13(24)18(19(15)26)9-3-10-7-28-22(27)29-20(10)14(25)4-9/h1-7,16,30-31H,8H2,(H2,27,28,29). The van der Waals surface area contributed by atoms with Gasteiger partial charge in [0, 0.05) is 22.2 Å². The van der Waals surface area contributed by atoms with Crippen LogP contribution in [-0.2, 0) is 10.0 Å². The first kappa shape index (κ1) is 23.1. The second-order valence-corrected chi connectivity index (χ2v) is 9.75. The molecule has 4 N–H and O–H groups in total. The largest absolute Gasteiger partial charge is 0.489 e. The summed E-state index contributed by atoms with van der Waals surface area (Å²) in [5.74, 6) is -3.56. The Hall–Kier alpha value is -3.61. The Morgan fingerprint density at radius 3 is 2.69 bits per heavy atom. The van der Waals surface area contributed by atoms with E-state index in [0.717, 1.165) is 24.3 Å². The number of aliphatic hydroxyl groups excluding tert-OH is 1. The Labute approximate surface area is 201 Å². The summed E-state index contributed by atoms with van der Waals surface area (Å²) < 4.78 is 78.2. The third-order valence-electron chi connectivity index (χ3n) is 5.36. The molecule has 180 valence electrons. The molecule has 1 atom stereocenters. The van der Waals surface area contributed by atoms with Crippen LogP contribution in [0.4, 0.5) is 24.8 Å². The fourth-order valence-electron chi connectivity index (χ4n) is 3.80. The number of anilines is 2. The van der Waals surface area contributed by atoms with Crippen LogP contribution in [0.25, 0.3) is 22.0 Å². The van der Waals surface area contributed by atoms with Crippen LogP contribution in [0.15, 0.2) is 47.5 Å². The molecule has 4 aromatic rings. The number of hydrogen-bond acceptors (Lipinski definition) is 7. The molecule has 0 radical (unpaired) electrons. The van der Waals surface area contributed by atoms with Gasteiger partial charge in [0.2, 0.25) is 5.95 Å². The molecule has 35 heavy (non-hydrogen) atoms. The number of nitrogens with two attached hydrogens (primary N) is 1. The molecule has 1 aliphatic heterocycles. The van der Waals surface area contributed by atoms with Crippen molar-refractivity contribution in [2.24, 2.45) is 0 Å². The van der Waals surface area contributed by atoms with E-state index in [1.807, 2.05) is 4.72 Å². The summed E-state index contributed by atoms with van der Waals surface area (Å²) in [4.78, 5) is 7.08. The molecule has 2 heterocycles. The average molecular weight is 523 g/mol. The van der Waals surface area contributed by atoms with Crippen molar-refractivity contribution >= 4 is 44.2 Å². The monoisotopic (exact) mass is 522 g/mol. The lowest BCUT2D eigenvalue weighted by Crippen LogP contribution is -2.15. The van der Waals surface area contributed by atoms with Gasteiger partial charge in [-0.05, 0) is 42.0 Å². The van der Waals surface area contributed by atoms with Gasteiger partial charge in [0.25, 0.3) is 10.0 Å². The van der Waals surface area contributed by atoms with E-state index in [9.17, 15) is 22.3 Å². The number of halogens is 4. The van der Waals surface area contributed by atoms with Crippen LogP contribution in [0, 0.1) is 17.5 Å². The third-order valence-corrected chi connectivity index (χ3v) is 6.95. The van der Waals surface area contributed by atoms with Gasteiger partial charge in [0.15, 0.2) is 5.82 Å². The molecule has 0 aliphatic carbocycles. The Kier molecular flexibility index (Phi) is 5.46. The lowest BCUT2D eigenvalue weighted by molar-refractivity contribution is 0.140. The number of hydrogen-bond donors (Lipinski definition) is 3. The van der Waals surface area contributed by atoms with E-state index >= 15 is 4.39 Å². The number of aliphatic hydroxyl groups is 1. The summed E-state index contributed by atoms with van der Waals surface area (Å²) in [6.07, 6.45) is 0.106. The molecular weight excluding hydrogens is 509 g/mol. The first-order valence-corrected chi connectivity index (χ1v) is 11.8. The summed E-state index contributed by atoms with van der Waals surface area (Å²) in [7, 11) is -4.51. The van der Waals surface area contributed by atoms with Crippen molar-refractivity contribution in [3.8, 4) is 16.9 Å². The summed E-state index contributed by atoms with van der Waals surface area (Å²) in [5, 5.41) is 10.1. The predicted octanol–water partition coefficient (Wildman–Crippen LogP) is 4.18. The fourth-order valence-corrected chi connectivity index (χ4v) is 5.35. The number of fused-ring (bicyclic) bond motifs is 2. The van der Waals surface area contributed by atoms with E-state index < -0.39 is 49.7 Å². The fraction of sp³-hybridized carbons (Fsp3) is 0.0909. The predicted molar refractivity (Wildman–Crippen MR) is 122 cm³/mol. The van der Waals surface area contributed by atoms with Gasteiger partial charge in [-0.15, -0.1) is 0 Å². The highest BCUT2D eigenvalue weighted by Gasteiger charge is 2.32. The molecule has 1 aromatic heterocycles. The zero-order chi connectivity index (χ0) is 25.1. The molecule has 0 amide bonds. The molecule has 3 aromatic carbocycles. The van der Waals surface area contributed by atoms with E-state index in [2.05, 4.69) is 9.97 Å². The molecule has 1 aliphatic rings. The van der Waals surface area contributed by atoms with Crippen molar-refractivity contribution in [1.82, 2.24) is 9.97 Å². The summed E-state index contributed by atoms with van der Waals surface area (Å²) in [5.41, 5.74) is 3.98. The van der Waals surface area contributed by atoms with Crippen molar-refractivity contribution in [1.29, 1.82) is 0 Å². The van der Waals surface area contributed by atoms with Crippen LogP contribution in [0.5, 0.6) is 5.75 Å². The highest BCUT2D eigenvalue weighted by Crippen LogP contribution is 2.41. The highest BCUT2D eigenvalue weighted by atomic mass is 35.5. The molecule has 0 saturated carbocycles. The molecule has 5 rings (SSSR count). The molecule has 8 nitrogen and oxygen atoms in total. The van der Waals surface area contributed by atoms with Crippen LogP contribution in [-0.4, -0.2) is 30.1 Å². The summed E-state index contributed by atoms with van der Waals surface area (Å²) in [6, 6.07) is 6.25. The molecular formula is C22H14ClF3N4O4S. The highest BCUT2D eigenvalue weighted by molar-refractivity contribution is 7.92. The number of ether oxygens (including phenoxy) is 1. The number of rotatable bonds is 4. The normalized spacial score (nSPS) is 15.2. The lowest BCUT2D eigenvalue weighted by Gasteiger charge is -2.15. The van der Waals surface area contributed by atoms with Crippen molar-refractivity contribution in [3.63, 3.8) is 0 Å². The van der Waals surface area contributed by atoms with Crippen LogP contribution in [0.2, 0.25) is 5.02 Å². The number of nitrogen functional groups attached to an aromatic ring is 1. The number of nitrogens with zero attached hydrogens (tertiary/aromatic N) is 2. The number of benzene rings is 3. The van der Waals surface area contributed by atoms with E-state index in [1.165, 1.54) is 18.3 Å². The number of nitrogens with one attached hydrogen (secondary N) is 1. The molecule has 0 fully saturated rings. The van der Waals surface area contributed by atoms with Gasteiger partial charge in [0.05, 0.1) is 11.3 Å². The minimum Gasteiger partial charge on any atom is -0.489 e. The third kappa shape index (κ3) is 3.99. The number of sulfonamides is 1. The summed E-state index contributed by atoms with van der Waals surface area (Å²) in [6.45, 7) is -0.184. The van der Waals surface area contributed by atoms with E-state index in [-0.39, 0.29) is 45.4 Å². The average Bonchev–Trinajstić information content (AvgIpc) is 3.16. The SMILES string of the molecule is Nc1ncc2cc(-c3c(F)ccc(NS(=O)(=O)c4cc(Cl)cc5c4OCC5O)c3F)cc(F)c2n1. The number of aromatic nitrogens is 2. The zero-order valence-corrected chi connectivity index (χ0v) is 19.0. The topological polar surface area (TPSA) is 127 Å². The second-order valence-electron chi connectivity index (χ2n) is 7.66. The Morgan fingerprint density at radius 2 is 1.91 bits per heavy atom. The molecule has 0 saturated heterocycles. The molecule has 0 bridgehead atoms. The quantitative estimate of drug-likeness (QED) is 0.367. The van der Waals surface area contributed by atoms with Crippen LogP contribution in [0.3, 0.4) is 0 Å². The van der Waals surface area contributed by atoms with Gasteiger partial charge in [-0.1, -0.05) is 11.6 Å². The molecule has 13 heteroatoms. The van der Waals surface area contributed by atoms with E-state index in [0.29, 0.717) is 0 Å². The second kappa shape index (κ2) is 8.26. The van der Waals surface area contributed by atoms with Gasteiger partial charge >= 0.3 is 0 Å². The zero-order valence-electron chi connectivity index (χ0n) is 17.4. The Bertz CT molecular complexity index is 1640.